The third kappa shape index (κ3) is 2.43. The summed E-state index contributed by atoms with van der Waals surface area (Å²) in [5.41, 5.74) is 2.51. The second-order valence-corrected chi connectivity index (χ2v) is 6.88. The topological polar surface area (TPSA) is 55.1 Å². The molecule has 112 valence electrons. The van der Waals surface area contributed by atoms with Crippen LogP contribution in [0.4, 0.5) is 0 Å². The van der Waals surface area contributed by atoms with Crippen LogP contribution in [-0.4, -0.2) is 20.6 Å². The predicted octanol–water partition coefficient (Wildman–Crippen LogP) is 4.05. The van der Waals surface area contributed by atoms with E-state index in [1.54, 1.807) is 12.1 Å². The van der Waals surface area contributed by atoms with Gasteiger partial charge in [0.1, 0.15) is 5.82 Å². The highest BCUT2D eigenvalue weighted by Crippen LogP contribution is 2.43. The summed E-state index contributed by atoms with van der Waals surface area (Å²) in [6, 6.07) is 5.22. The van der Waals surface area contributed by atoms with Crippen molar-refractivity contribution in [2.24, 2.45) is 5.41 Å². The molecule has 21 heavy (non-hydrogen) atoms. The summed E-state index contributed by atoms with van der Waals surface area (Å²) in [5, 5.41) is 9.21. The monoisotopic (exact) mass is 286 g/mol. The molecule has 1 aromatic heterocycles. The molecule has 1 aromatic carbocycles. The van der Waals surface area contributed by atoms with E-state index >= 15 is 0 Å². The zero-order valence-corrected chi connectivity index (χ0v) is 12.9. The molecule has 1 fully saturated rings. The van der Waals surface area contributed by atoms with Crippen molar-refractivity contribution >= 4 is 17.0 Å². The van der Waals surface area contributed by atoms with E-state index < -0.39 is 5.97 Å². The number of hydrogen-bond acceptors (Lipinski definition) is 2. The van der Waals surface area contributed by atoms with Crippen LogP contribution in [-0.2, 0) is 6.54 Å². The first kappa shape index (κ1) is 14.1. The molecule has 0 saturated heterocycles. The van der Waals surface area contributed by atoms with Crippen molar-refractivity contribution in [3.63, 3.8) is 0 Å². The van der Waals surface area contributed by atoms with Crippen LogP contribution in [0.25, 0.3) is 11.0 Å². The van der Waals surface area contributed by atoms with E-state index in [2.05, 4.69) is 25.3 Å². The number of imidazole rings is 1. The molecule has 0 amide bonds. The number of hydrogen-bond donors (Lipinski definition) is 1. The van der Waals surface area contributed by atoms with Crippen LogP contribution in [0.15, 0.2) is 18.2 Å². The molecule has 0 aliphatic heterocycles. The molecule has 0 bridgehead atoms. The molecule has 1 N–H and O–H groups in total. The molecule has 0 unspecified atom stereocenters. The molecule has 1 aliphatic carbocycles. The summed E-state index contributed by atoms with van der Waals surface area (Å²) in [6.07, 6.45) is 3.77. The van der Waals surface area contributed by atoms with Gasteiger partial charge in [-0.2, -0.15) is 0 Å². The van der Waals surface area contributed by atoms with E-state index in [4.69, 9.17) is 4.98 Å². The van der Waals surface area contributed by atoms with Crippen LogP contribution in [0.2, 0.25) is 0 Å². The number of rotatable bonds is 4. The first-order valence-corrected chi connectivity index (χ1v) is 7.63. The van der Waals surface area contributed by atoms with Crippen LogP contribution >= 0.6 is 0 Å². The van der Waals surface area contributed by atoms with Gasteiger partial charge in [-0.25, -0.2) is 9.78 Å². The van der Waals surface area contributed by atoms with Crippen molar-refractivity contribution in [2.45, 2.75) is 52.5 Å². The number of carbonyl (C=O) groups is 1. The fourth-order valence-electron chi connectivity index (χ4n) is 3.20. The van der Waals surface area contributed by atoms with Crippen LogP contribution in [0.3, 0.4) is 0 Å². The predicted molar refractivity (Wildman–Crippen MR) is 82.7 cm³/mol. The van der Waals surface area contributed by atoms with Gasteiger partial charge in [-0.3, -0.25) is 0 Å². The maximum absolute atomic E-state index is 11.2. The van der Waals surface area contributed by atoms with Gasteiger partial charge in [0.2, 0.25) is 0 Å². The maximum atomic E-state index is 11.2. The van der Waals surface area contributed by atoms with E-state index in [0.29, 0.717) is 16.9 Å². The molecule has 0 atom stereocenters. The molecule has 2 aromatic rings. The Bertz CT molecular complexity index is 696. The minimum atomic E-state index is -0.884. The molecule has 0 spiro atoms. The van der Waals surface area contributed by atoms with Crippen LogP contribution in [0.5, 0.6) is 0 Å². The SMILES string of the molecule is CC(C)c1nc2ccc(C(=O)O)cc2n1CC1(C)CCC1. The summed E-state index contributed by atoms with van der Waals surface area (Å²) in [5.74, 6) is 0.501. The van der Waals surface area contributed by atoms with Crippen molar-refractivity contribution in [1.82, 2.24) is 9.55 Å². The Morgan fingerprint density at radius 2 is 2.14 bits per heavy atom. The fraction of sp³-hybridized carbons (Fsp3) is 0.529. The molecule has 4 nitrogen and oxygen atoms in total. The largest absolute Gasteiger partial charge is 0.478 e. The number of benzene rings is 1. The van der Waals surface area contributed by atoms with Crippen molar-refractivity contribution in [3.05, 3.63) is 29.6 Å². The molecule has 1 aliphatic rings. The van der Waals surface area contributed by atoms with E-state index in [0.717, 1.165) is 23.4 Å². The van der Waals surface area contributed by atoms with E-state index in [1.165, 1.54) is 19.3 Å². The lowest BCUT2D eigenvalue weighted by Gasteiger charge is -2.39. The molecule has 4 heteroatoms. The highest BCUT2D eigenvalue weighted by Gasteiger charge is 2.33. The summed E-state index contributed by atoms with van der Waals surface area (Å²) in [6.45, 7) is 7.52. The van der Waals surface area contributed by atoms with Crippen LogP contribution in [0, 0.1) is 5.41 Å². The van der Waals surface area contributed by atoms with Crippen molar-refractivity contribution < 1.29 is 9.90 Å². The summed E-state index contributed by atoms with van der Waals surface area (Å²) < 4.78 is 2.24. The molecule has 1 saturated carbocycles. The summed E-state index contributed by atoms with van der Waals surface area (Å²) in [7, 11) is 0. The van der Waals surface area contributed by atoms with Crippen molar-refractivity contribution in [1.29, 1.82) is 0 Å². The fourth-order valence-corrected chi connectivity index (χ4v) is 3.20. The normalized spacial score (nSPS) is 17.1. The Kier molecular flexibility index (Phi) is 3.27. The summed E-state index contributed by atoms with van der Waals surface area (Å²) >= 11 is 0. The minimum absolute atomic E-state index is 0.328. The zero-order chi connectivity index (χ0) is 15.2. The first-order valence-electron chi connectivity index (χ1n) is 7.63. The van der Waals surface area contributed by atoms with Gasteiger partial charge in [0.25, 0.3) is 0 Å². The van der Waals surface area contributed by atoms with Crippen molar-refractivity contribution in [3.8, 4) is 0 Å². The highest BCUT2D eigenvalue weighted by molar-refractivity contribution is 5.92. The zero-order valence-electron chi connectivity index (χ0n) is 12.9. The van der Waals surface area contributed by atoms with Gasteiger partial charge in [0, 0.05) is 12.5 Å². The maximum Gasteiger partial charge on any atom is 0.335 e. The molecule has 1 heterocycles. The Morgan fingerprint density at radius 3 is 2.67 bits per heavy atom. The molecule has 0 radical (unpaired) electrons. The van der Waals surface area contributed by atoms with Crippen LogP contribution in [0.1, 0.15) is 62.1 Å². The lowest BCUT2D eigenvalue weighted by Crippen LogP contribution is -2.31. The number of carboxylic acid groups (broad SMARTS) is 1. The lowest BCUT2D eigenvalue weighted by atomic mass is 9.70. The average Bonchev–Trinajstić information content (AvgIpc) is 2.75. The Labute approximate surface area is 124 Å². The Hall–Kier alpha value is -1.84. The second-order valence-electron chi connectivity index (χ2n) is 6.88. The molecular formula is C17H22N2O2. The lowest BCUT2D eigenvalue weighted by molar-refractivity contribution is 0.0697. The van der Waals surface area contributed by atoms with Gasteiger partial charge in [-0.05, 0) is 36.5 Å². The number of aromatic carboxylic acids is 1. The van der Waals surface area contributed by atoms with Gasteiger partial charge in [-0.15, -0.1) is 0 Å². The smallest absolute Gasteiger partial charge is 0.335 e. The third-order valence-corrected chi connectivity index (χ3v) is 4.64. The third-order valence-electron chi connectivity index (χ3n) is 4.64. The van der Waals surface area contributed by atoms with E-state index in [9.17, 15) is 9.90 Å². The second kappa shape index (κ2) is 4.86. The molecule has 3 rings (SSSR count). The summed E-state index contributed by atoms with van der Waals surface area (Å²) in [4.78, 5) is 15.9. The quantitative estimate of drug-likeness (QED) is 0.922. The van der Waals surface area contributed by atoms with Gasteiger partial charge < -0.3 is 9.67 Å². The van der Waals surface area contributed by atoms with Gasteiger partial charge >= 0.3 is 5.97 Å². The van der Waals surface area contributed by atoms with Crippen molar-refractivity contribution in [2.75, 3.05) is 0 Å². The van der Waals surface area contributed by atoms with Gasteiger partial charge in [-0.1, -0.05) is 27.2 Å². The highest BCUT2D eigenvalue weighted by atomic mass is 16.4. The Balaban J connectivity index is 2.14. The first-order chi connectivity index (χ1) is 9.89. The standard InChI is InChI=1S/C17H22N2O2/c1-11(2)15-18-13-6-5-12(16(20)21)9-14(13)19(15)10-17(3)7-4-8-17/h5-6,9,11H,4,7-8,10H2,1-3H3,(H,20,21). The number of carboxylic acids is 1. The average molecular weight is 286 g/mol. The van der Waals surface area contributed by atoms with Gasteiger partial charge in [0.05, 0.1) is 16.6 Å². The number of nitrogens with zero attached hydrogens (tertiary/aromatic N) is 2. The van der Waals surface area contributed by atoms with Crippen LogP contribution < -0.4 is 0 Å². The number of fused-ring (bicyclic) bond motifs is 1. The molecular weight excluding hydrogens is 264 g/mol. The number of aromatic nitrogens is 2. The van der Waals surface area contributed by atoms with E-state index in [1.807, 2.05) is 6.07 Å². The van der Waals surface area contributed by atoms with E-state index in [-0.39, 0.29) is 0 Å². The minimum Gasteiger partial charge on any atom is -0.478 e. The Morgan fingerprint density at radius 1 is 1.43 bits per heavy atom. The van der Waals surface area contributed by atoms with Gasteiger partial charge in [0.15, 0.2) is 0 Å².